The molecule has 1 fully saturated rings. The Labute approximate surface area is 250 Å². The average Bonchev–Trinajstić information content (AvgIpc) is 3.42. The number of pyridine rings is 1. The number of carbonyl (C=O) groups is 2. The van der Waals surface area contributed by atoms with Crippen molar-refractivity contribution >= 4 is 17.7 Å². The number of nitrogens with zero attached hydrogens (tertiary/aromatic N) is 4. The molecule has 0 bridgehead atoms. The smallest absolute Gasteiger partial charge is 0.419 e. The van der Waals surface area contributed by atoms with E-state index in [0.717, 1.165) is 22.9 Å². The molecule has 0 saturated carbocycles. The summed E-state index contributed by atoms with van der Waals surface area (Å²) >= 11 is 0. The van der Waals surface area contributed by atoms with Gasteiger partial charge in [0.25, 0.3) is 11.8 Å². The minimum Gasteiger partial charge on any atom is -0.438 e. The first-order chi connectivity index (χ1) is 21.2. The second-order valence-electron chi connectivity index (χ2n) is 10.8. The van der Waals surface area contributed by atoms with Gasteiger partial charge in [0.05, 0.1) is 28.2 Å². The molecular formula is C30H22F7N5O3. The number of nitrogens with one attached hydrogen (secondary N) is 1. The Hall–Kier alpha value is -4.95. The number of alkyl halides is 5. The predicted molar refractivity (Wildman–Crippen MR) is 145 cm³/mol. The van der Waals surface area contributed by atoms with Gasteiger partial charge in [-0.25, -0.2) is 27.0 Å². The van der Waals surface area contributed by atoms with E-state index in [2.05, 4.69) is 15.4 Å². The van der Waals surface area contributed by atoms with Crippen molar-refractivity contribution in [2.24, 2.45) is 0 Å². The fourth-order valence-electron chi connectivity index (χ4n) is 5.63. The SMILES string of the molecule is CC(F)(F)c1cc2c(cc1F)C1(CCN(C(=O)c3cc(-c4cccnc4)n(-c4ccc(F)c(C(F)(F)F)c4)n3)CC1)OC(=O)N2. The third-order valence-corrected chi connectivity index (χ3v) is 7.84. The minimum atomic E-state index is -4.98. The number of carbonyl (C=O) groups excluding carboxylic acids is 2. The topological polar surface area (TPSA) is 89.3 Å². The fraction of sp³-hybridized carbons (Fsp3) is 0.267. The molecule has 0 radical (unpaired) electrons. The second kappa shape index (κ2) is 10.6. The zero-order chi connectivity index (χ0) is 32.3. The van der Waals surface area contributed by atoms with Gasteiger partial charge >= 0.3 is 12.3 Å². The summed E-state index contributed by atoms with van der Waals surface area (Å²) in [6, 6.07) is 8.66. The van der Waals surface area contributed by atoms with Crippen molar-refractivity contribution in [2.75, 3.05) is 18.4 Å². The first kappa shape index (κ1) is 30.1. The monoisotopic (exact) mass is 633 g/mol. The molecule has 1 spiro atoms. The Bertz CT molecular complexity index is 1810. The first-order valence-electron chi connectivity index (χ1n) is 13.6. The first-order valence-corrected chi connectivity index (χ1v) is 13.6. The molecule has 2 aliphatic heterocycles. The number of ether oxygens (including phenoxy) is 1. The van der Waals surface area contributed by atoms with E-state index in [4.69, 9.17) is 4.74 Å². The molecule has 2 aromatic carbocycles. The zero-order valence-corrected chi connectivity index (χ0v) is 23.3. The van der Waals surface area contributed by atoms with Crippen molar-refractivity contribution in [2.45, 2.75) is 37.5 Å². The molecule has 1 N–H and O–H groups in total. The number of aromatic nitrogens is 3. The highest BCUT2D eigenvalue weighted by Gasteiger charge is 2.47. The Kier molecular flexibility index (Phi) is 7.08. The zero-order valence-electron chi connectivity index (χ0n) is 23.3. The van der Waals surface area contributed by atoms with Gasteiger partial charge in [-0.05, 0) is 48.5 Å². The number of hydrogen-bond acceptors (Lipinski definition) is 5. The number of rotatable bonds is 4. The molecule has 2 aliphatic rings. The molecule has 45 heavy (non-hydrogen) atoms. The maximum absolute atomic E-state index is 14.8. The van der Waals surface area contributed by atoms with Crippen LogP contribution in [0.1, 0.15) is 46.9 Å². The molecule has 2 aromatic heterocycles. The second-order valence-corrected chi connectivity index (χ2v) is 10.8. The van der Waals surface area contributed by atoms with Crippen LogP contribution in [0.2, 0.25) is 0 Å². The highest BCUT2D eigenvalue weighted by atomic mass is 19.4. The van der Waals surface area contributed by atoms with Crippen LogP contribution in [0.25, 0.3) is 16.9 Å². The van der Waals surface area contributed by atoms with Crippen LogP contribution >= 0.6 is 0 Å². The van der Waals surface area contributed by atoms with Gasteiger partial charge in [-0.2, -0.15) is 18.3 Å². The summed E-state index contributed by atoms with van der Waals surface area (Å²) < 4.78 is 104. The van der Waals surface area contributed by atoms with E-state index in [1.807, 2.05) is 0 Å². The Morgan fingerprint density at radius 2 is 1.71 bits per heavy atom. The number of fused-ring (bicyclic) bond motifs is 2. The Morgan fingerprint density at radius 1 is 0.978 bits per heavy atom. The molecule has 0 aliphatic carbocycles. The van der Waals surface area contributed by atoms with Crippen LogP contribution < -0.4 is 5.32 Å². The molecule has 15 heteroatoms. The highest BCUT2D eigenvalue weighted by molar-refractivity contribution is 5.94. The number of likely N-dealkylation sites (tertiary alicyclic amines) is 1. The largest absolute Gasteiger partial charge is 0.438 e. The Morgan fingerprint density at radius 3 is 2.36 bits per heavy atom. The van der Waals surface area contributed by atoms with Gasteiger partial charge in [0.15, 0.2) is 5.69 Å². The standard InChI is InChI=1S/C30H22F7N5O3/c1-28(33,34)18-13-23-20(12-22(18)32)29(45-27(44)39-23)6-9-41(10-7-29)26(43)24-14-25(16-3-2-8-38-15-16)42(40-24)17-4-5-21(31)19(11-17)30(35,36)37/h2-5,8,11-15H,6-7,9-10H2,1H3,(H,39,44). The summed E-state index contributed by atoms with van der Waals surface area (Å²) in [6.07, 6.45) is -3.03. The highest BCUT2D eigenvalue weighted by Crippen LogP contribution is 2.46. The van der Waals surface area contributed by atoms with E-state index in [-0.39, 0.29) is 54.3 Å². The average molecular weight is 634 g/mol. The van der Waals surface area contributed by atoms with Crippen LogP contribution in [0.15, 0.2) is 60.9 Å². The molecule has 234 valence electrons. The van der Waals surface area contributed by atoms with Crippen molar-refractivity contribution in [1.29, 1.82) is 0 Å². The van der Waals surface area contributed by atoms with Crippen molar-refractivity contribution in [1.82, 2.24) is 19.7 Å². The molecule has 8 nitrogen and oxygen atoms in total. The van der Waals surface area contributed by atoms with E-state index in [1.165, 1.54) is 23.4 Å². The van der Waals surface area contributed by atoms with Crippen LogP contribution in [-0.4, -0.2) is 44.8 Å². The van der Waals surface area contributed by atoms with Crippen LogP contribution in [0.5, 0.6) is 0 Å². The van der Waals surface area contributed by atoms with Crippen molar-refractivity contribution in [3.63, 3.8) is 0 Å². The van der Waals surface area contributed by atoms with Crippen molar-refractivity contribution in [3.05, 3.63) is 94.9 Å². The van der Waals surface area contributed by atoms with Crippen molar-refractivity contribution in [3.8, 4) is 16.9 Å². The summed E-state index contributed by atoms with van der Waals surface area (Å²) in [5.74, 6) is -6.77. The molecular weight excluding hydrogens is 611 g/mol. The van der Waals surface area contributed by atoms with Gasteiger partial charge in [0.2, 0.25) is 0 Å². The van der Waals surface area contributed by atoms with Crippen LogP contribution in [-0.2, 0) is 22.4 Å². The van der Waals surface area contributed by atoms with E-state index >= 15 is 0 Å². The van der Waals surface area contributed by atoms with Crippen LogP contribution in [0.4, 0.5) is 41.2 Å². The lowest BCUT2D eigenvalue weighted by Gasteiger charge is -2.44. The molecule has 0 unspecified atom stereocenters. The van der Waals surface area contributed by atoms with E-state index < -0.39 is 52.5 Å². The molecule has 2 amide bonds. The third-order valence-electron chi connectivity index (χ3n) is 7.84. The van der Waals surface area contributed by atoms with Crippen molar-refractivity contribution < 1.29 is 45.1 Å². The number of halogens is 7. The lowest BCUT2D eigenvalue weighted by molar-refractivity contribution is -0.140. The molecule has 1 saturated heterocycles. The van der Waals surface area contributed by atoms with E-state index in [1.54, 1.807) is 12.1 Å². The van der Waals surface area contributed by atoms with Gasteiger partial charge in [-0.15, -0.1) is 0 Å². The summed E-state index contributed by atoms with van der Waals surface area (Å²) in [6.45, 7) is 0.483. The van der Waals surface area contributed by atoms with Gasteiger partial charge in [0, 0.05) is 56.4 Å². The Balaban J connectivity index is 1.32. The summed E-state index contributed by atoms with van der Waals surface area (Å²) in [4.78, 5) is 31.4. The maximum Gasteiger partial charge on any atom is 0.419 e. The third kappa shape index (κ3) is 5.46. The molecule has 4 aromatic rings. The van der Waals surface area contributed by atoms with Gasteiger partial charge in [0.1, 0.15) is 17.2 Å². The number of anilines is 1. The number of piperidine rings is 1. The molecule has 0 atom stereocenters. The lowest BCUT2D eigenvalue weighted by Crippen LogP contribution is -2.50. The van der Waals surface area contributed by atoms with Gasteiger partial charge in [-0.1, -0.05) is 0 Å². The quantitative estimate of drug-likeness (QED) is 0.244. The van der Waals surface area contributed by atoms with E-state index in [9.17, 15) is 40.3 Å². The van der Waals surface area contributed by atoms with Crippen LogP contribution in [0, 0.1) is 11.6 Å². The molecule has 4 heterocycles. The molecule has 6 rings (SSSR count). The predicted octanol–water partition coefficient (Wildman–Crippen LogP) is 7.04. The number of benzene rings is 2. The lowest BCUT2D eigenvalue weighted by atomic mass is 9.81. The van der Waals surface area contributed by atoms with Gasteiger partial charge in [-0.3, -0.25) is 15.1 Å². The summed E-state index contributed by atoms with van der Waals surface area (Å²) in [5, 5.41) is 6.61. The van der Waals surface area contributed by atoms with Crippen LogP contribution in [0.3, 0.4) is 0 Å². The fourth-order valence-corrected chi connectivity index (χ4v) is 5.63. The summed E-state index contributed by atoms with van der Waals surface area (Å²) in [5.41, 5.74) is -3.36. The number of amides is 2. The minimum absolute atomic E-state index is 0.0104. The normalized spacial score (nSPS) is 16.3. The number of hydrogen-bond donors (Lipinski definition) is 1. The summed E-state index contributed by atoms with van der Waals surface area (Å²) in [7, 11) is 0. The van der Waals surface area contributed by atoms with Gasteiger partial charge < -0.3 is 9.64 Å². The maximum atomic E-state index is 14.8. The van der Waals surface area contributed by atoms with E-state index in [0.29, 0.717) is 24.6 Å².